The molecule has 1 heterocycles. The van der Waals surface area contributed by atoms with Gasteiger partial charge < -0.3 is 10.1 Å². The van der Waals surface area contributed by atoms with Crippen LogP contribution in [0.2, 0.25) is 0 Å². The molecule has 0 aliphatic rings. The van der Waals surface area contributed by atoms with E-state index in [0.29, 0.717) is 13.0 Å². The van der Waals surface area contributed by atoms with Crippen LogP contribution >= 0.6 is 0 Å². The van der Waals surface area contributed by atoms with E-state index in [-0.39, 0.29) is 11.5 Å². The summed E-state index contributed by atoms with van der Waals surface area (Å²) in [4.78, 5) is 17.2. The number of benzene rings is 2. The van der Waals surface area contributed by atoms with Crippen LogP contribution < -0.4 is 15.4 Å². The summed E-state index contributed by atoms with van der Waals surface area (Å²) in [6.07, 6.45) is 0.676. The first kappa shape index (κ1) is 22.0. The summed E-state index contributed by atoms with van der Waals surface area (Å²) in [6, 6.07) is 12.8. The quantitative estimate of drug-likeness (QED) is 0.469. The molecule has 162 valence electrons. The van der Waals surface area contributed by atoms with Gasteiger partial charge in [-0.2, -0.15) is 5.10 Å². The molecule has 31 heavy (non-hydrogen) atoms. The Balaban J connectivity index is 1.78. The number of guanidine groups is 1. The second-order valence-corrected chi connectivity index (χ2v) is 7.07. The van der Waals surface area contributed by atoms with Gasteiger partial charge in [0.2, 0.25) is 5.96 Å². The van der Waals surface area contributed by atoms with Crippen LogP contribution in [0.15, 0.2) is 53.5 Å². The second-order valence-electron chi connectivity index (χ2n) is 7.07. The van der Waals surface area contributed by atoms with Crippen molar-refractivity contribution in [1.29, 1.82) is 0 Å². The minimum atomic E-state index is -0.475. The highest BCUT2D eigenvalue weighted by Crippen LogP contribution is 2.15. The third-order valence-corrected chi connectivity index (χ3v) is 4.96. The molecule has 0 saturated heterocycles. The lowest BCUT2D eigenvalue weighted by Crippen LogP contribution is -2.36. The van der Waals surface area contributed by atoms with Crippen molar-refractivity contribution < 1.29 is 13.9 Å². The van der Waals surface area contributed by atoms with E-state index >= 15 is 0 Å². The first-order valence-corrected chi connectivity index (χ1v) is 9.89. The van der Waals surface area contributed by atoms with Crippen molar-refractivity contribution in [2.75, 3.05) is 19.0 Å². The highest BCUT2D eigenvalue weighted by atomic mass is 19.1. The second kappa shape index (κ2) is 9.88. The Morgan fingerprint density at radius 1 is 1.19 bits per heavy atom. The number of hydrogen-bond donors (Lipinski definition) is 2. The number of nitrogens with zero attached hydrogens (tertiary/aromatic N) is 3. The number of amides is 1. The standard InChI is InChI=1S/C23H26FN5O2/c1-15-21(16(2)29(3)28-15)12-13-25-23(26-19-8-10-20(31-4)11-9-19)27-22(30)17-6-5-7-18(24)14-17/h5-11,14H,12-13H2,1-4H3,(H2,25,26,27,30). The highest BCUT2D eigenvalue weighted by molar-refractivity contribution is 6.09. The van der Waals surface area contributed by atoms with Crippen molar-refractivity contribution in [3.8, 4) is 5.75 Å². The normalized spacial score (nSPS) is 11.3. The van der Waals surface area contributed by atoms with Crippen LogP contribution in [0.4, 0.5) is 10.1 Å². The fourth-order valence-corrected chi connectivity index (χ4v) is 3.19. The van der Waals surface area contributed by atoms with Crippen molar-refractivity contribution >= 4 is 17.6 Å². The summed E-state index contributed by atoms with van der Waals surface area (Å²) in [5.41, 5.74) is 4.12. The Labute approximate surface area is 181 Å². The molecule has 0 bridgehead atoms. The minimum absolute atomic E-state index is 0.211. The van der Waals surface area contributed by atoms with Crippen molar-refractivity contribution in [3.05, 3.63) is 76.9 Å². The first-order valence-electron chi connectivity index (χ1n) is 9.89. The topological polar surface area (TPSA) is 80.5 Å². The van der Waals surface area contributed by atoms with Gasteiger partial charge in [-0.1, -0.05) is 6.07 Å². The highest BCUT2D eigenvalue weighted by Gasteiger charge is 2.12. The molecule has 2 N–H and O–H groups in total. The van der Waals surface area contributed by atoms with Gasteiger partial charge in [-0.25, -0.2) is 4.39 Å². The van der Waals surface area contributed by atoms with Crippen LogP contribution in [0.3, 0.4) is 0 Å². The van der Waals surface area contributed by atoms with E-state index in [1.807, 2.05) is 37.7 Å². The van der Waals surface area contributed by atoms with Crippen molar-refractivity contribution in [3.63, 3.8) is 0 Å². The molecule has 1 amide bonds. The van der Waals surface area contributed by atoms with Gasteiger partial charge in [-0.15, -0.1) is 0 Å². The Morgan fingerprint density at radius 2 is 1.94 bits per heavy atom. The molecular weight excluding hydrogens is 397 g/mol. The molecule has 0 aliphatic carbocycles. The summed E-state index contributed by atoms with van der Waals surface area (Å²) in [5.74, 6) is 0.0683. The maximum atomic E-state index is 13.5. The fraction of sp³-hybridized carbons (Fsp3) is 0.261. The van der Waals surface area contributed by atoms with Crippen LogP contribution in [0.25, 0.3) is 0 Å². The fourth-order valence-electron chi connectivity index (χ4n) is 3.19. The Bertz CT molecular complexity index is 1090. The number of aryl methyl sites for hydroxylation is 2. The molecular formula is C23H26FN5O2. The minimum Gasteiger partial charge on any atom is -0.497 e. The maximum Gasteiger partial charge on any atom is 0.258 e. The number of halogens is 1. The van der Waals surface area contributed by atoms with Gasteiger partial charge in [0.25, 0.3) is 5.91 Å². The molecule has 0 saturated carbocycles. The predicted octanol–water partition coefficient (Wildman–Crippen LogP) is 3.63. The number of ether oxygens (including phenoxy) is 1. The molecule has 0 aliphatic heterocycles. The van der Waals surface area contributed by atoms with Gasteiger partial charge in [-0.05, 0) is 68.3 Å². The lowest BCUT2D eigenvalue weighted by molar-refractivity contribution is 0.0976. The number of methoxy groups -OCH3 is 1. The molecule has 0 fully saturated rings. The van der Waals surface area contributed by atoms with E-state index in [2.05, 4.69) is 20.7 Å². The summed E-state index contributed by atoms with van der Waals surface area (Å²) in [7, 11) is 3.50. The molecule has 8 heteroatoms. The van der Waals surface area contributed by atoms with Crippen LogP contribution in [0.1, 0.15) is 27.3 Å². The summed E-state index contributed by atoms with van der Waals surface area (Å²) < 4.78 is 20.5. The predicted molar refractivity (Wildman–Crippen MR) is 119 cm³/mol. The van der Waals surface area contributed by atoms with E-state index in [1.165, 1.54) is 18.2 Å². The van der Waals surface area contributed by atoms with Crippen LogP contribution in [-0.2, 0) is 13.5 Å². The monoisotopic (exact) mass is 423 g/mol. The zero-order valence-electron chi connectivity index (χ0n) is 18.1. The molecule has 0 unspecified atom stereocenters. The number of aromatic nitrogens is 2. The number of anilines is 1. The van der Waals surface area contributed by atoms with Crippen LogP contribution in [-0.4, -0.2) is 35.3 Å². The van der Waals surface area contributed by atoms with Crippen molar-refractivity contribution in [2.24, 2.45) is 12.0 Å². The lowest BCUT2D eigenvalue weighted by atomic mass is 10.1. The van der Waals surface area contributed by atoms with Crippen LogP contribution in [0.5, 0.6) is 5.75 Å². The zero-order valence-corrected chi connectivity index (χ0v) is 18.1. The number of hydrogen-bond acceptors (Lipinski definition) is 4. The van der Waals surface area contributed by atoms with Gasteiger partial charge in [-0.3, -0.25) is 19.8 Å². The number of carbonyl (C=O) groups excluding carboxylic acids is 1. The van der Waals surface area contributed by atoms with Gasteiger partial charge in [0.1, 0.15) is 11.6 Å². The Morgan fingerprint density at radius 3 is 2.55 bits per heavy atom. The smallest absolute Gasteiger partial charge is 0.258 e. The number of nitrogens with one attached hydrogen (secondary N) is 2. The first-order chi connectivity index (χ1) is 14.9. The average molecular weight is 423 g/mol. The van der Waals surface area contributed by atoms with Crippen molar-refractivity contribution in [1.82, 2.24) is 15.1 Å². The lowest BCUT2D eigenvalue weighted by Gasteiger charge is -2.12. The van der Waals surface area contributed by atoms with Gasteiger partial charge >= 0.3 is 0 Å². The molecule has 0 radical (unpaired) electrons. The molecule has 0 spiro atoms. The molecule has 3 aromatic rings. The van der Waals surface area contributed by atoms with E-state index in [4.69, 9.17) is 4.74 Å². The largest absolute Gasteiger partial charge is 0.497 e. The third kappa shape index (κ3) is 5.69. The van der Waals surface area contributed by atoms with Gasteiger partial charge in [0, 0.05) is 30.5 Å². The van der Waals surface area contributed by atoms with E-state index in [1.54, 1.807) is 25.3 Å². The van der Waals surface area contributed by atoms with Gasteiger partial charge in [0.15, 0.2) is 0 Å². The number of carbonyl (C=O) groups is 1. The molecule has 3 rings (SSSR count). The van der Waals surface area contributed by atoms with Crippen LogP contribution in [0, 0.1) is 19.7 Å². The van der Waals surface area contributed by atoms with E-state index in [9.17, 15) is 9.18 Å². The third-order valence-electron chi connectivity index (χ3n) is 4.96. The Hall–Kier alpha value is -3.68. The van der Waals surface area contributed by atoms with E-state index < -0.39 is 11.7 Å². The average Bonchev–Trinajstić information content (AvgIpc) is 3.00. The molecule has 1 aromatic heterocycles. The summed E-state index contributed by atoms with van der Waals surface area (Å²) >= 11 is 0. The summed E-state index contributed by atoms with van der Waals surface area (Å²) in [6.45, 7) is 4.42. The zero-order chi connectivity index (χ0) is 22.4. The summed E-state index contributed by atoms with van der Waals surface area (Å²) in [5, 5.41) is 10.3. The molecule has 2 aromatic carbocycles. The molecule has 0 atom stereocenters. The SMILES string of the molecule is COc1ccc(NC(=NCCc2c(C)nn(C)c2C)NC(=O)c2cccc(F)c2)cc1. The van der Waals surface area contributed by atoms with E-state index in [0.717, 1.165) is 28.4 Å². The number of aliphatic imine (C=N–C) groups is 1. The number of rotatable bonds is 6. The Kier molecular flexibility index (Phi) is 7.02. The maximum absolute atomic E-state index is 13.5. The van der Waals surface area contributed by atoms with Crippen molar-refractivity contribution in [2.45, 2.75) is 20.3 Å². The molecule has 7 nitrogen and oxygen atoms in total. The van der Waals surface area contributed by atoms with Gasteiger partial charge in [0.05, 0.1) is 12.8 Å².